The van der Waals surface area contributed by atoms with Crippen molar-refractivity contribution in [1.82, 2.24) is 0 Å². The number of halogens is 2. The fourth-order valence-corrected chi connectivity index (χ4v) is 3.17. The number of nitrogens with zero attached hydrogens (tertiary/aromatic N) is 1. The Morgan fingerprint density at radius 1 is 1.19 bits per heavy atom. The normalized spacial score (nSPS) is 16.2. The summed E-state index contributed by atoms with van der Waals surface area (Å²) in [4.78, 5) is 38.4. The fraction of sp³-hybridized carbons (Fsp3) is 0.211. The minimum absolute atomic E-state index is 0.140. The lowest BCUT2D eigenvalue weighted by molar-refractivity contribution is -0.122. The number of nitrogens with one attached hydrogen (secondary N) is 1. The van der Waals surface area contributed by atoms with Gasteiger partial charge in [0.1, 0.15) is 0 Å². The molecule has 0 bridgehead atoms. The summed E-state index contributed by atoms with van der Waals surface area (Å²) in [6.07, 6.45) is 0.140. The van der Waals surface area contributed by atoms with Crippen molar-refractivity contribution in [1.29, 1.82) is 0 Å². The number of carbonyl (C=O) groups is 3. The number of rotatable bonds is 3. The number of esters is 1. The van der Waals surface area contributed by atoms with E-state index in [1.54, 1.807) is 31.2 Å². The van der Waals surface area contributed by atoms with E-state index in [-0.39, 0.29) is 29.0 Å². The van der Waals surface area contributed by atoms with Gasteiger partial charge in [-0.05, 0) is 37.3 Å². The van der Waals surface area contributed by atoms with E-state index in [0.717, 1.165) is 0 Å². The third kappa shape index (κ3) is 4.23. The molecule has 2 aromatic rings. The van der Waals surface area contributed by atoms with Crippen molar-refractivity contribution in [2.75, 3.05) is 16.8 Å². The predicted molar refractivity (Wildman–Crippen MR) is 103 cm³/mol. The standard InChI is InChI=1S/C19H16Cl2N2O4/c1-11-8-17(24)22-15-4-2-3-5-16(15)23(11)18(25)10-27-19(26)12-6-7-13(20)14(21)9-12/h2-7,9,11H,8,10H2,1H3,(H,22,24)/t11-/m1/s1. The maximum atomic E-state index is 12.7. The molecular weight excluding hydrogens is 391 g/mol. The average molecular weight is 407 g/mol. The zero-order valence-corrected chi connectivity index (χ0v) is 15.9. The first kappa shape index (κ1) is 19.2. The van der Waals surface area contributed by atoms with Crippen LogP contribution in [0.1, 0.15) is 23.7 Å². The molecule has 2 amide bonds. The van der Waals surface area contributed by atoms with Crippen molar-refractivity contribution in [3.8, 4) is 0 Å². The third-order valence-corrected chi connectivity index (χ3v) is 4.85. The van der Waals surface area contributed by atoms with Gasteiger partial charge in [-0.15, -0.1) is 0 Å². The molecule has 0 aliphatic carbocycles. The zero-order valence-electron chi connectivity index (χ0n) is 14.4. The summed E-state index contributed by atoms with van der Waals surface area (Å²) in [6, 6.07) is 10.9. The van der Waals surface area contributed by atoms with Gasteiger partial charge in [-0.2, -0.15) is 0 Å². The largest absolute Gasteiger partial charge is 0.452 e. The summed E-state index contributed by atoms with van der Waals surface area (Å²) >= 11 is 11.7. The molecule has 6 nitrogen and oxygen atoms in total. The summed E-state index contributed by atoms with van der Waals surface area (Å²) < 4.78 is 5.13. The van der Waals surface area contributed by atoms with E-state index in [1.807, 2.05) is 0 Å². The molecule has 1 N–H and O–H groups in total. The highest BCUT2D eigenvalue weighted by atomic mass is 35.5. The molecule has 0 aromatic heterocycles. The lowest BCUT2D eigenvalue weighted by Crippen LogP contribution is -2.41. The molecule has 0 radical (unpaired) electrons. The maximum absolute atomic E-state index is 12.7. The lowest BCUT2D eigenvalue weighted by Gasteiger charge is -2.27. The highest BCUT2D eigenvalue weighted by molar-refractivity contribution is 6.42. The van der Waals surface area contributed by atoms with Crippen LogP contribution >= 0.6 is 23.2 Å². The minimum atomic E-state index is -0.688. The van der Waals surface area contributed by atoms with Crippen LogP contribution in [0.5, 0.6) is 0 Å². The van der Waals surface area contributed by atoms with Gasteiger partial charge in [0.2, 0.25) is 5.91 Å². The number of benzene rings is 2. The topological polar surface area (TPSA) is 75.7 Å². The Hall–Kier alpha value is -2.57. The first-order valence-corrected chi connectivity index (χ1v) is 8.95. The number of ether oxygens (including phenoxy) is 1. The number of hydrogen-bond acceptors (Lipinski definition) is 4. The van der Waals surface area contributed by atoms with Crippen LogP contribution in [-0.2, 0) is 14.3 Å². The second-order valence-corrected chi connectivity index (χ2v) is 6.90. The SMILES string of the molecule is C[C@@H]1CC(=O)Nc2ccccc2N1C(=O)COC(=O)c1ccc(Cl)c(Cl)c1. The molecule has 0 unspecified atom stereocenters. The van der Waals surface area contributed by atoms with Crippen LogP contribution in [0.25, 0.3) is 0 Å². The van der Waals surface area contributed by atoms with Gasteiger partial charge in [0.05, 0.1) is 27.0 Å². The van der Waals surface area contributed by atoms with Gasteiger partial charge in [-0.3, -0.25) is 9.59 Å². The van der Waals surface area contributed by atoms with Crippen molar-refractivity contribution in [2.45, 2.75) is 19.4 Å². The number of amides is 2. The summed E-state index contributed by atoms with van der Waals surface area (Å²) in [6.45, 7) is 1.30. The van der Waals surface area contributed by atoms with E-state index in [9.17, 15) is 14.4 Å². The van der Waals surface area contributed by atoms with Gasteiger partial charge >= 0.3 is 5.97 Å². The molecule has 0 saturated heterocycles. The Morgan fingerprint density at radius 3 is 2.67 bits per heavy atom. The number of fused-ring (bicyclic) bond motifs is 1. The number of anilines is 2. The van der Waals surface area contributed by atoms with Gasteiger partial charge in [0.15, 0.2) is 6.61 Å². The maximum Gasteiger partial charge on any atom is 0.338 e. The van der Waals surface area contributed by atoms with Gasteiger partial charge in [-0.25, -0.2) is 4.79 Å². The van der Waals surface area contributed by atoms with Gasteiger partial charge in [0, 0.05) is 12.5 Å². The molecular formula is C19H16Cl2N2O4. The van der Waals surface area contributed by atoms with Gasteiger partial charge in [0.25, 0.3) is 5.91 Å². The Bertz CT molecular complexity index is 916. The van der Waals surface area contributed by atoms with Crippen LogP contribution in [0.4, 0.5) is 11.4 Å². The first-order valence-electron chi connectivity index (χ1n) is 8.20. The van der Waals surface area contributed by atoms with E-state index in [0.29, 0.717) is 16.4 Å². The average Bonchev–Trinajstić information content (AvgIpc) is 2.76. The Morgan fingerprint density at radius 2 is 1.93 bits per heavy atom. The second-order valence-electron chi connectivity index (χ2n) is 6.09. The molecule has 0 fully saturated rings. The van der Waals surface area contributed by atoms with Crippen molar-refractivity contribution in [3.63, 3.8) is 0 Å². The zero-order chi connectivity index (χ0) is 19.6. The molecule has 0 saturated carbocycles. The second kappa shape index (κ2) is 7.98. The van der Waals surface area contributed by atoms with Crippen LogP contribution in [0, 0.1) is 0 Å². The molecule has 0 spiro atoms. The monoisotopic (exact) mass is 406 g/mol. The molecule has 140 valence electrons. The summed E-state index contributed by atoms with van der Waals surface area (Å²) in [5, 5.41) is 3.31. The lowest BCUT2D eigenvalue weighted by atomic mass is 10.1. The molecule has 1 aliphatic heterocycles. The molecule has 1 heterocycles. The molecule has 1 aliphatic rings. The van der Waals surface area contributed by atoms with Crippen molar-refractivity contribution in [2.24, 2.45) is 0 Å². The van der Waals surface area contributed by atoms with Crippen LogP contribution in [0.2, 0.25) is 10.0 Å². The van der Waals surface area contributed by atoms with E-state index in [4.69, 9.17) is 27.9 Å². The van der Waals surface area contributed by atoms with E-state index < -0.39 is 18.5 Å². The van der Waals surface area contributed by atoms with Gasteiger partial charge < -0.3 is 15.0 Å². The summed E-state index contributed by atoms with van der Waals surface area (Å²) in [5.74, 6) is -1.30. The smallest absolute Gasteiger partial charge is 0.338 e. The Balaban J connectivity index is 1.76. The predicted octanol–water partition coefficient (Wildman–Crippen LogP) is 3.91. The third-order valence-electron chi connectivity index (χ3n) is 4.11. The van der Waals surface area contributed by atoms with Crippen molar-refractivity contribution in [3.05, 3.63) is 58.1 Å². The van der Waals surface area contributed by atoms with Crippen molar-refractivity contribution < 1.29 is 19.1 Å². The van der Waals surface area contributed by atoms with E-state index in [2.05, 4.69) is 5.32 Å². The number of carbonyl (C=O) groups excluding carboxylic acids is 3. The minimum Gasteiger partial charge on any atom is -0.452 e. The highest BCUT2D eigenvalue weighted by Gasteiger charge is 2.30. The summed E-state index contributed by atoms with van der Waals surface area (Å²) in [5.41, 5.74) is 1.29. The van der Waals surface area contributed by atoms with Crippen LogP contribution in [0.15, 0.2) is 42.5 Å². The van der Waals surface area contributed by atoms with Crippen LogP contribution < -0.4 is 10.2 Å². The molecule has 27 heavy (non-hydrogen) atoms. The number of para-hydroxylation sites is 2. The quantitative estimate of drug-likeness (QED) is 0.783. The Labute approximate surface area is 166 Å². The van der Waals surface area contributed by atoms with Gasteiger partial charge in [-0.1, -0.05) is 35.3 Å². The molecule has 8 heteroatoms. The van der Waals surface area contributed by atoms with Crippen LogP contribution in [-0.4, -0.2) is 30.4 Å². The number of hydrogen-bond donors (Lipinski definition) is 1. The summed E-state index contributed by atoms with van der Waals surface area (Å²) in [7, 11) is 0. The van der Waals surface area contributed by atoms with E-state index in [1.165, 1.54) is 23.1 Å². The first-order chi connectivity index (χ1) is 12.9. The molecule has 3 rings (SSSR count). The highest BCUT2D eigenvalue weighted by Crippen LogP contribution is 2.31. The van der Waals surface area contributed by atoms with Crippen LogP contribution in [0.3, 0.4) is 0 Å². The fourth-order valence-electron chi connectivity index (χ4n) is 2.87. The molecule has 2 aromatic carbocycles. The van der Waals surface area contributed by atoms with Crippen molar-refractivity contribution >= 4 is 52.4 Å². The van der Waals surface area contributed by atoms with E-state index >= 15 is 0 Å². The Kier molecular flexibility index (Phi) is 5.68. The molecule has 1 atom stereocenters.